The van der Waals surface area contributed by atoms with Crippen LogP contribution in [0.3, 0.4) is 0 Å². The van der Waals surface area contributed by atoms with Gasteiger partial charge >= 0.3 is 22.1 Å². The van der Waals surface area contributed by atoms with E-state index in [-0.39, 0.29) is 0 Å². The third-order valence-corrected chi connectivity index (χ3v) is 2.59. The Morgan fingerprint density at radius 1 is 1.17 bits per heavy atom. The van der Waals surface area contributed by atoms with E-state index in [4.69, 9.17) is 4.55 Å². The SMILES string of the molecule is [O][N+]1(S(=O)(=O)O)C(=O)CCC1=O. The lowest BCUT2D eigenvalue weighted by Crippen LogP contribution is -2.52. The number of amides is 2. The van der Waals surface area contributed by atoms with Crippen molar-refractivity contribution in [3.63, 3.8) is 0 Å². The Kier molecular flexibility index (Phi) is 1.80. The van der Waals surface area contributed by atoms with E-state index in [9.17, 15) is 23.2 Å². The van der Waals surface area contributed by atoms with Crippen LogP contribution in [0, 0.1) is 0 Å². The largest absolute Gasteiger partial charge is 0.482 e. The van der Waals surface area contributed by atoms with Gasteiger partial charge in [-0.2, -0.15) is 0 Å². The van der Waals surface area contributed by atoms with Crippen molar-refractivity contribution >= 4 is 22.1 Å². The van der Waals surface area contributed by atoms with E-state index < -0.39 is 39.0 Å². The van der Waals surface area contributed by atoms with Crippen LogP contribution in [-0.4, -0.2) is 28.8 Å². The zero-order chi connectivity index (χ0) is 9.57. The molecule has 1 radical (unpaired) electrons. The zero-order valence-electron chi connectivity index (χ0n) is 5.76. The summed E-state index contributed by atoms with van der Waals surface area (Å²) >= 11 is 0. The van der Waals surface area contributed by atoms with Gasteiger partial charge in [0.15, 0.2) is 0 Å². The van der Waals surface area contributed by atoms with E-state index in [0.29, 0.717) is 0 Å². The van der Waals surface area contributed by atoms with Gasteiger partial charge < -0.3 is 0 Å². The molecule has 1 fully saturated rings. The van der Waals surface area contributed by atoms with Gasteiger partial charge in [0.1, 0.15) is 4.05 Å². The molecule has 67 valence electrons. The molecule has 12 heavy (non-hydrogen) atoms. The van der Waals surface area contributed by atoms with Crippen molar-refractivity contribution in [2.24, 2.45) is 0 Å². The van der Waals surface area contributed by atoms with Gasteiger partial charge in [0.25, 0.3) is 0 Å². The minimum atomic E-state index is -5.22. The first-order valence-corrected chi connectivity index (χ1v) is 4.34. The summed E-state index contributed by atoms with van der Waals surface area (Å²) in [6, 6.07) is 0. The first-order chi connectivity index (χ1) is 5.30. The summed E-state index contributed by atoms with van der Waals surface area (Å²) in [6.07, 6.45) is -0.885. The normalized spacial score (nSPS) is 23.2. The molecule has 0 atom stereocenters. The summed E-state index contributed by atoms with van der Waals surface area (Å²) in [4.78, 5) is 21.3. The first-order valence-electron chi connectivity index (χ1n) is 2.94. The van der Waals surface area contributed by atoms with E-state index in [0.717, 1.165) is 0 Å². The molecule has 1 heterocycles. The van der Waals surface area contributed by atoms with Gasteiger partial charge in [0.2, 0.25) is 0 Å². The molecule has 1 saturated heterocycles. The summed E-state index contributed by atoms with van der Waals surface area (Å²) in [5, 5.41) is 11.0. The van der Waals surface area contributed by atoms with Crippen LogP contribution < -0.4 is 0 Å². The van der Waals surface area contributed by atoms with Gasteiger partial charge in [-0.05, 0) is 0 Å². The Balaban J connectivity index is 3.31. The van der Waals surface area contributed by atoms with Crippen molar-refractivity contribution < 1.29 is 31.8 Å². The Hall–Kier alpha value is -0.830. The predicted octanol–water partition coefficient (Wildman–Crippen LogP) is -1.20. The lowest BCUT2D eigenvalue weighted by molar-refractivity contribution is -0.900. The number of hydrogen-bond acceptors (Lipinski definition) is 4. The molecule has 0 aromatic carbocycles. The number of carbonyl (C=O) groups is 2. The minimum absolute atomic E-state index is 0.442. The van der Waals surface area contributed by atoms with Crippen molar-refractivity contribution in [1.82, 2.24) is 0 Å². The van der Waals surface area contributed by atoms with Gasteiger partial charge in [-0.3, -0.25) is 0 Å². The van der Waals surface area contributed by atoms with Crippen LogP contribution in [0.5, 0.6) is 0 Å². The molecule has 0 bridgehead atoms. The predicted molar refractivity (Wildman–Crippen MR) is 31.7 cm³/mol. The average molecular weight is 195 g/mol. The van der Waals surface area contributed by atoms with Crippen molar-refractivity contribution in [3.05, 3.63) is 0 Å². The van der Waals surface area contributed by atoms with Crippen LogP contribution in [0.25, 0.3) is 0 Å². The van der Waals surface area contributed by atoms with E-state index in [1.54, 1.807) is 0 Å². The molecule has 1 rings (SSSR count). The molecular weight excluding hydrogens is 190 g/mol. The van der Waals surface area contributed by atoms with Crippen LogP contribution in [-0.2, 0) is 25.1 Å². The number of quaternary nitrogens is 1. The second-order valence-corrected chi connectivity index (χ2v) is 3.70. The van der Waals surface area contributed by atoms with Gasteiger partial charge in [0.05, 0.1) is 18.0 Å². The van der Waals surface area contributed by atoms with Crippen LogP contribution >= 0.6 is 0 Å². The molecule has 0 spiro atoms. The zero-order valence-corrected chi connectivity index (χ0v) is 6.57. The van der Waals surface area contributed by atoms with Crippen molar-refractivity contribution in [2.45, 2.75) is 12.8 Å². The molecule has 1 aliphatic heterocycles. The Bertz CT molecular complexity index is 327. The fraction of sp³-hybridized carbons (Fsp3) is 0.500. The molecule has 1 N–H and O–H groups in total. The molecule has 0 saturated carbocycles. The molecule has 2 amide bonds. The summed E-state index contributed by atoms with van der Waals surface area (Å²) < 4.78 is 26.3. The quantitative estimate of drug-likeness (QED) is 0.321. The molecular formula is C4H5NO6S+. The van der Waals surface area contributed by atoms with Gasteiger partial charge in [-0.25, -0.2) is 14.1 Å². The van der Waals surface area contributed by atoms with E-state index in [1.807, 2.05) is 0 Å². The van der Waals surface area contributed by atoms with Crippen LogP contribution in [0.1, 0.15) is 12.8 Å². The molecule has 1 aliphatic rings. The van der Waals surface area contributed by atoms with Gasteiger partial charge in [0, 0.05) is 0 Å². The number of carbonyl (C=O) groups excluding carboxylic acids is 2. The van der Waals surface area contributed by atoms with Crippen LogP contribution in [0.4, 0.5) is 0 Å². The maximum absolute atomic E-state index is 11.0. The van der Waals surface area contributed by atoms with E-state index in [1.165, 1.54) is 0 Å². The number of hydrogen-bond donors (Lipinski definition) is 1. The maximum atomic E-state index is 11.0. The molecule has 7 nitrogen and oxygen atoms in total. The smallest absolute Gasteiger partial charge is 0.238 e. The summed E-state index contributed by atoms with van der Waals surface area (Å²) in [5.41, 5.74) is 0. The lowest BCUT2D eigenvalue weighted by atomic mass is 10.4. The average Bonchev–Trinajstić information content (AvgIpc) is 2.16. The van der Waals surface area contributed by atoms with Gasteiger partial charge in [-0.15, -0.1) is 8.42 Å². The lowest BCUT2D eigenvalue weighted by Gasteiger charge is -2.08. The third kappa shape index (κ3) is 0.966. The number of rotatable bonds is 1. The number of nitrogens with zero attached hydrogens (tertiary/aromatic N) is 1. The van der Waals surface area contributed by atoms with Crippen LogP contribution in [0.2, 0.25) is 0 Å². The highest BCUT2D eigenvalue weighted by Crippen LogP contribution is 2.24. The Morgan fingerprint density at radius 2 is 1.50 bits per heavy atom. The minimum Gasteiger partial charge on any atom is -0.238 e. The fourth-order valence-electron chi connectivity index (χ4n) is 0.905. The van der Waals surface area contributed by atoms with E-state index >= 15 is 0 Å². The second kappa shape index (κ2) is 2.33. The highest BCUT2D eigenvalue weighted by Gasteiger charge is 2.62. The highest BCUT2D eigenvalue weighted by atomic mass is 32.2. The second-order valence-electron chi connectivity index (χ2n) is 2.29. The monoisotopic (exact) mass is 195 g/mol. The molecule has 0 aromatic heterocycles. The fourth-order valence-corrected chi connectivity index (χ4v) is 1.60. The molecule has 0 unspecified atom stereocenters. The Labute approximate surface area is 67.6 Å². The summed E-state index contributed by atoms with van der Waals surface area (Å²) in [7, 11) is -5.22. The number of hydroxylamine groups is 2. The first kappa shape index (κ1) is 9.26. The summed E-state index contributed by atoms with van der Waals surface area (Å²) in [5.74, 6) is -2.69. The van der Waals surface area contributed by atoms with Crippen molar-refractivity contribution in [3.8, 4) is 0 Å². The standard InChI is InChI=1S/C4H5NO6S/c6-3-1-2-4(7)5(3,8)12(9,10)11/h1-2H2,(H,9,10,11)/q+1. The molecule has 0 aliphatic carbocycles. The van der Waals surface area contributed by atoms with Crippen LogP contribution in [0.15, 0.2) is 0 Å². The summed E-state index contributed by atoms with van der Waals surface area (Å²) in [6.45, 7) is 0. The van der Waals surface area contributed by atoms with Gasteiger partial charge in [-0.1, -0.05) is 0 Å². The van der Waals surface area contributed by atoms with E-state index in [2.05, 4.69) is 0 Å². The van der Waals surface area contributed by atoms with Crippen molar-refractivity contribution in [2.75, 3.05) is 0 Å². The van der Waals surface area contributed by atoms with Crippen molar-refractivity contribution in [1.29, 1.82) is 0 Å². The topological polar surface area (TPSA) is 108 Å². The third-order valence-electron chi connectivity index (χ3n) is 1.53. The highest BCUT2D eigenvalue weighted by molar-refractivity contribution is 7.80. The molecule has 0 aromatic rings. The maximum Gasteiger partial charge on any atom is 0.482 e. The Morgan fingerprint density at radius 3 is 1.67 bits per heavy atom. The number of imide groups is 1. The molecule has 8 heteroatoms.